The van der Waals surface area contributed by atoms with Gasteiger partial charge in [-0.05, 0) is 40.0 Å². The standard InChI is InChI=1S/C13H11BrF5NO2S/c14-9-6-8(13(17,18)19)10(5-7(9)11(21)22)23-20-3-1-12(15,16)2-4-20/h5-6H,1-4H2,(H,21,22). The maximum Gasteiger partial charge on any atom is 0.417 e. The third-order valence-corrected chi connectivity index (χ3v) is 5.10. The zero-order chi connectivity index (χ0) is 17.4. The average Bonchev–Trinajstić information content (AvgIpc) is 2.41. The molecule has 1 fully saturated rings. The van der Waals surface area contributed by atoms with Crippen molar-refractivity contribution in [3.8, 4) is 0 Å². The highest BCUT2D eigenvalue weighted by molar-refractivity contribution is 9.10. The third kappa shape index (κ3) is 4.57. The Morgan fingerprint density at radius 2 is 1.83 bits per heavy atom. The van der Waals surface area contributed by atoms with E-state index in [2.05, 4.69) is 15.9 Å². The van der Waals surface area contributed by atoms with Crippen LogP contribution in [0.15, 0.2) is 21.5 Å². The molecule has 1 N–H and O–H groups in total. The van der Waals surface area contributed by atoms with Crippen molar-refractivity contribution in [2.75, 3.05) is 13.1 Å². The fourth-order valence-electron chi connectivity index (χ4n) is 2.06. The number of hydrogen-bond donors (Lipinski definition) is 1. The molecule has 3 nitrogen and oxygen atoms in total. The number of aromatic carboxylic acids is 1. The molecule has 1 aromatic carbocycles. The van der Waals surface area contributed by atoms with Crippen molar-refractivity contribution in [3.05, 3.63) is 27.7 Å². The Hall–Kier alpha value is -0.870. The van der Waals surface area contributed by atoms with E-state index >= 15 is 0 Å². The van der Waals surface area contributed by atoms with Crippen LogP contribution in [-0.4, -0.2) is 34.4 Å². The Labute approximate surface area is 141 Å². The molecule has 128 valence electrons. The molecule has 0 unspecified atom stereocenters. The Morgan fingerprint density at radius 1 is 1.26 bits per heavy atom. The molecule has 0 bridgehead atoms. The molecule has 0 amide bonds. The van der Waals surface area contributed by atoms with Crippen LogP contribution in [0.2, 0.25) is 0 Å². The Balaban J connectivity index is 2.32. The number of alkyl halides is 5. The van der Waals surface area contributed by atoms with Gasteiger partial charge in [0.1, 0.15) is 0 Å². The van der Waals surface area contributed by atoms with Gasteiger partial charge in [0.25, 0.3) is 5.92 Å². The fourth-order valence-corrected chi connectivity index (χ4v) is 3.66. The summed E-state index contributed by atoms with van der Waals surface area (Å²) in [4.78, 5) is 10.8. The normalized spacial score (nSPS) is 18.9. The minimum Gasteiger partial charge on any atom is -0.478 e. The summed E-state index contributed by atoms with van der Waals surface area (Å²) in [5, 5.41) is 9.02. The largest absolute Gasteiger partial charge is 0.478 e. The number of nitrogens with zero attached hydrogens (tertiary/aromatic N) is 1. The molecule has 1 heterocycles. The van der Waals surface area contributed by atoms with Crippen LogP contribution >= 0.6 is 27.9 Å². The summed E-state index contributed by atoms with van der Waals surface area (Å²) in [5.41, 5.74) is -1.32. The number of carboxylic acid groups (broad SMARTS) is 1. The molecule has 0 aromatic heterocycles. The number of piperidine rings is 1. The molecule has 0 atom stereocenters. The topological polar surface area (TPSA) is 40.5 Å². The third-order valence-electron chi connectivity index (χ3n) is 3.29. The number of hydrogen-bond acceptors (Lipinski definition) is 3. The van der Waals surface area contributed by atoms with Crippen molar-refractivity contribution >= 4 is 33.8 Å². The smallest absolute Gasteiger partial charge is 0.417 e. The molecule has 0 spiro atoms. The molecule has 1 aromatic rings. The summed E-state index contributed by atoms with van der Waals surface area (Å²) in [7, 11) is 0. The highest BCUT2D eigenvalue weighted by Crippen LogP contribution is 2.42. The van der Waals surface area contributed by atoms with Gasteiger partial charge >= 0.3 is 12.1 Å². The van der Waals surface area contributed by atoms with Gasteiger partial charge in [0.15, 0.2) is 0 Å². The van der Waals surface area contributed by atoms with Gasteiger partial charge in [0, 0.05) is 35.3 Å². The second kappa shape index (κ2) is 6.56. The first kappa shape index (κ1) is 18.5. The van der Waals surface area contributed by atoms with Crippen LogP contribution in [-0.2, 0) is 6.18 Å². The van der Waals surface area contributed by atoms with Gasteiger partial charge in [-0.25, -0.2) is 17.9 Å². The molecule has 1 aliphatic heterocycles. The fraction of sp³-hybridized carbons (Fsp3) is 0.462. The lowest BCUT2D eigenvalue weighted by Crippen LogP contribution is -2.35. The van der Waals surface area contributed by atoms with Crippen molar-refractivity contribution in [1.29, 1.82) is 0 Å². The zero-order valence-electron chi connectivity index (χ0n) is 11.5. The maximum absolute atomic E-state index is 13.1. The minimum absolute atomic E-state index is 0.0760. The number of rotatable bonds is 3. The van der Waals surface area contributed by atoms with E-state index < -0.39 is 36.5 Å². The first-order valence-corrected chi connectivity index (χ1v) is 8.01. The second-order valence-corrected chi connectivity index (χ2v) is 7.00. The van der Waals surface area contributed by atoms with Crippen LogP contribution in [0.25, 0.3) is 0 Å². The number of benzene rings is 1. The van der Waals surface area contributed by atoms with Crippen molar-refractivity contribution in [2.45, 2.75) is 29.8 Å². The predicted octanol–water partition coefficient (Wildman–Crippen LogP) is 4.90. The molecule has 23 heavy (non-hydrogen) atoms. The van der Waals surface area contributed by atoms with Crippen LogP contribution in [0.5, 0.6) is 0 Å². The highest BCUT2D eigenvalue weighted by Gasteiger charge is 2.38. The van der Waals surface area contributed by atoms with Crippen molar-refractivity contribution < 1.29 is 31.9 Å². The van der Waals surface area contributed by atoms with E-state index in [9.17, 15) is 26.7 Å². The summed E-state index contributed by atoms with van der Waals surface area (Å²) < 4.78 is 66.8. The number of carboxylic acids is 1. The molecular formula is C13H11BrF5NO2S. The quantitative estimate of drug-likeness (QED) is 0.558. The Bertz CT molecular complexity index is 613. The molecule has 0 aliphatic carbocycles. The van der Waals surface area contributed by atoms with Gasteiger partial charge in [0.05, 0.1) is 11.1 Å². The van der Waals surface area contributed by atoms with Gasteiger partial charge in [-0.1, -0.05) is 0 Å². The van der Waals surface area contributed by atoms with Crippen LogP contribution in [0, 0.1) is 0 Å². The van der Waals surface area contributed by atoms with Gasteiger partial charge < -0.3 is 5.11 Å². The van der Waals surface area contributed by atoms with E-state index in [0.29, 0.717) is 18.0 Å². The molecule has 1 aliphatic rings. The van der Waals surface area contributed by atoms with Crippen LogP contribution in [0.1, 0.15) is 28.8 Å². The lowest BCUT2D eigenvalue weighted by Gasteiger charge is -2.31. The molecular weight excluding hydrogens is 409 g/mol. The van der Waals surface area contributed by atoms with Gasteiger partial charge in [-0.3, -0.25) is 0 Å². The predicted molar refractivity (Wildman–Crippen MR) is 77.7 cm³/mol. The van der Waals surface area contributed by atoms with Crippen LogP contribution in [0.4, 0.5) is 22.0 Å². The van der Waals surface area contributed by atoms with E-state index in [1.165, 1.54) is 4.31 Å². The monoisotopic (exact) mass is 419 g/mol. The highest BCUT2D eigenvalue weighted by atomic mass is 79.9. The molecule has 1 saturated heterocycles. The van der Waals surface area contributed by atoms with E-state index in [-0.39, 0.29) is 28.0 Å². The summed E-state index contributed by atoms with van der Waals surface area (Å²) in [6.45, 7) is -0.152. The second-order valence-electron chi connectivity index (χ2n) is 5.01. The number of carbonyl (C=O) groups is 1. The molecule has 0 saturated carbocycles. The van der Waals surface area contributed by atoms with Gasteiger partial charge in [-0.2, -0.15) is 13.2 Å². The van der Waals surface area contributed by atoms with Gasteiger partial charge in [0.2, 0.25) is 0 Å². The lowest BCUT2D eigenvalue weighted by atomic mass is 10.1. The SMILES string of the molecule is O=C(O)c1cc(SN2CCC(F)(F)CC2)c(C(F)(F)F)cc1Br. The van der Waals surface area contributed by atoms with Crippen molar-refractivity contribution in [2.24, 2.45) is 0 Å². The van der Waals surface area contributed by atoms with Crippen LogP contribution in [0.3, 0.4) is 0 Å². The zero-order valence-corrected chi connectivity index (χ0v) is 13.9. The van der Waals surface area contributed by atoms with E-state index in [0.717, 1.165) is 6.07 Å². The average molecular weight is 420 g/mol. The molecule has 10 heteroatoms. The maximum atomic E-state index is 13.1. The lowest BCUT2D eigenvalue weighted by molar-refractivity contribution is -0.139. The van der Waals surface area contributed by atoms with Crippen molar-refractivity contribution in [1.82, 2.24) is 4.31 Å². The molecule has 0 radical (unpaired) electrons. The Kier molecular flexibility index (Phi) is 5.27. The minimum atomic E-state index is -4.68. The van der Waals surface area contributed by atoms with E-state index in [1.54, 1.807) is 0 Å². The van der Waals surface area contributed by atoms with Gasteiger partial charge in [-0.15, -0.1) is 0 Å². The molecule has 2 rings (SSSR count). The van der Waals surface area contributed by atoms with Crippen LogP contribution < -0.4 is 0 Å². The summed E-state index contributed by atoms with van der Waals surface area (Å²) >= 11 is 3.47. The van der Waals surface area contributed by atoms with E-state index in [1.807, 2.05) is 0 Å². The summed E-state index contributed by atoms with van der Waals surface area (Å²) in [5.74, 6) is -4.19. The first-order chi connectivity index (χ1) is 10.5. The Morgan fingerprint density at radius 3 is 2.30 bits per heavy atom. The number of halogens is 6. The summed E-state index contributed by atoms with van der Waals surface area (Å²) in [6.07, 6.45) is -5.56. The first-order valence-electron chi connectivity index (χ1n) is 6.44. The summed E-state index contributed by atoms with van der Waals surface area (Å²) in [6, 6.07) is 1.61. The van der Waals surface area contributed by atoms with Crippen molar-refractivity contribution in [3.63, 3.8) is 0 Å². The van der Waals surface area contributed by atoms with E-state index in [4.69, 9.17) is 5.11 Å².